The number of fused-ring (bicyclic) bond motifs is 1. The minimum absolute atomic E-state index is 0.0191. The van der Waals surface area contributed by atoms with Crippen molar-refractivity contribution in [1.82, 2.24) is 34.4 Å². The molecule has 1 aromatic carbocycles. The number of benzene rings is 1. The van der Waals surface area contributed by atoms with E-state index in [9.17, 15) is 9.59 Å². The van der Waals surface area contributed by atoms with Gasteiger partial charge in [0, 0.05) is 48.2 Å². The van der Waals surface area contributed by atoms with Gasteiger partial charge >= 0.3 is 0 Å². The van der Waals surface area contributed by atoms with E-state index in [-0.39, 0.29) is 23.9 Å². The van der Waals surface area contributed by atoms with Crippen molar-refractivity contribution in [3.8, 4) is 16.9 Å². The number of carbonyl (C=O) groups excluding carboxylic acids is 1. The van der Waals surface area contributed by atoms with Gasteiger partial charge in [-0.15, -0.1) is 5.10 Å². The Kier molecular flexibility index (Phi) is 6.74. The number of aromatic amines is 1. The third-order valence-electron chi connectivity index (χ3n) is 7.62. The van der Waals surface area contributed by atoms with Crippen molar-refractivity contribution in [2.75, 3.05) is 31.9 Å². The Morgan fingerprint density at radius 2 is 1.82 bits per heavy atom. The summed E-state index contributed by atoms with van der Waals surface area (Å²) >= 11 is 0. The molecule has 0 bridgehead atoms. The number of nitrogens with zero attached hydrogens (tertiary/aromatic N) is 6. The summed E-state index contributed by atoms with van der Waals surface area (Å²) in [4.78, 5) is 41.4. The molecule has 5 heterocycles. The van der Waals surface area contributed by atoms with Gasteiger partial charge in [-0.05, 0) is 69.5 Å². The zero-order valence-corrected chi connectivity index (χ0v) is 22.0. The van der Waals surface area contributed by atoms with E-state index in [0.29, 0.717) is 34.7 Å². The van der Waals surface area contributed by atoms with Gasteiger partial charge in [0.2, 0.25) is 5.78 Å². The molecule has 0 saturated carbocycles. The molecule has 1 amide bonds. The molecule has 0 atom stereocenters. The lowest BCUT2D eigenvalue weighted by Crippen LogP contribution is -2.45. The number of pyridine rings is 1. The maximum atomic E-state index is 13.1. The molecule has 0 radical (unpaired) electrons. The molecule has 11 heteroatoms. The molecule has 3 aromatic heterocycles. The molecular formula is C28H32N8O3. The monoisotopic (exact) mass is 528 g/mol. The topological polar surface area (TPSA) is 135 Å². The van der Waals surface area contributed by atoms with Crippen LogP contribution >= 0.6 is 0 Å². The zero-order chi connectivity index (χ0) is 26.9. The SMILES string of the molecule is Cc1cc(=O)n2nc(COc3cc(-c4ccc(C(=O)N5CCC(N6CCCC6)CC5)cc4)cnc3N)nc2[nH]1. The third kappa shape index (κ3) is 5.22. The minimum atomic E-state index is -0.267. The zero-order valence-electron chi connectivity index (χ0n) is 22.0. The van der Waals surface area contributed by atoms with Crippen molar-refractivity contribution in [3.05, 3.63) is 70.0 Å². The van der Waals surface area contributed by atoms with Gasteiger partial charge in [0.1, 0.15) is 6.61 Å². The van der Waals surface area contributed by atoms with Crippen LogP contribution in [0.3, 0.4) is 0 Å². The van der Waals surface area contributed by atoms with Crippen LogP contribution in [0, 0.1) is 6.92 Å². The molecule has 2 fully saturated rings. The van der Waals surface area contributed by atoms with E-state index in [1.807, 2.05) is 29.2 Å². The first-order valence-electron chi connectivity index (χ1n) is 13.4. The van der Waals surface area contributed by atoms with Crippen LogP contribution in [0.1, 0.15) is 47.6 Å². The number of aryl methyl sites for hydroxylation is 1. The standard InChI is InChI=1S/C28H32N8O3/c1-18-14-25(37)36-28(31-18)32-24(33-36)17-39-23-15-21(16-30-26(23)29)19-4-6-20(7-5-19)27(38)35-12-8-22(9-13-35)34-10-2-3-11-34/h4-7,14-16,22H,2-3,8-13,17H2,1H3,(H2,29,30)(H,31,32,33). The second-order valence-electron chi connectivity index (χ2n) is 10.3. The van der Waals surface area contributed by atoms with Gasteiger partial charge in [0.15, 0.2) is 17.4 Å². The summed E-state index contributed by atoms with van der Waals surface area (Å²) in [5.74, 6) is 1.39. The fraction of sp³-hybridized carbons (Fsp3) is 0.393. The van der Waals surface area contributed by atoms with Gasteiger partial charge in [-0.3, -0.25) is 9.59 Å². The first kappa shape index (κ1) is 25.1. The molecule has 0 spiro atoms. The molecular weight excluding hydrogens is 496 g/mol. The number of aromatic nitrogens is 5. The molecule has 4 aromatic rings. The van der Waals surface area contributed by atoms with Crippen LogP contribution in [-0.2, 0) is 6.61 Å². The fourth-order valence-corrected chi connectivity index (χ4v) is 5.51. The molecule has 0 unspecified atom stereocenters. The van der Waals surface area contributed by atoms with Crippen LogP contribution in [0.25, 0.3) is 16.9 Å². The van der Waals surface area contributed by atoms with E-state index in [4.69, 9.17) is 10.5 Å². The second-order valence-corrected chi connectivity index (χ2v) is 10.3. The van der Waals surface area contributed by atoms with Crippen molar-refractivity contribution < 1.29 is 9.53 Å². The van der Waals surface area contributed by atoms with Crippen molar-refractivity contribution >= 4 is 17.5 Å². The number of likely N-dealkylation sites (tertiary alicyclic amines) is 2. The van der Waals surface area contributed by atoms with Gasteiger partial charge in [-0.2, -0.15) is 9.50 Å². The van der Waals surface area contributed by atoms with E-state index in [1.54, 1.807) is 19.2 Å². The molecule has 2 aliphatic rings. The highest BCUT2D eigenvalue weighted by Crippen LogP contribution is 2.28. The predicted octanol–water partition coefficient (Wildman–Crippen LogP) is 2.65. The van der Waals surface area contributed by atoms with Crippen molar-refractivity contribution in [3.63, 3.8) is 0 Å². The van der Waals surface area contributed by atoms with Crippen LogP contribution in [0.4, 0.5) is 5.82 Å². The highest BCUT2D eigenvalue weighted by atomic mass is 16.5. The maximum Gasteiger partial charge on any atom is 0.275 e. The number of rotatable bonds is 6. The van der Waals surface area contributed by atoms with Crippen molar-refractivity contribution in [2.24, 2.45) is 0 Å². The number of nitrogens with one attached hydrogen (secondary N) is 1. The number of nitrogen functional groups attached to an aromatic ring is 1. The summed E-state index contributed by atoms with van der Waals surface area (Å²) in [5, 5.41) is 4.20. The number of hydrogen-bond acceptors (Lipinski definition) is 8. The Hall–Kier alpha value is -4.25. The van der Waals surface area contributed by atoms with Crippen LogP contribution in [0.5, 0.6) is 5.75 Å². The summed E-state index contributed by atoms with van der Waals surface area (Å²) in [5.41, 5.74) is 8.86. The number of nitrogens with two attached hydrogens (primary N) is 1. The lowest BCUT2D eigenvalue weighted by Gasteiger charge is -2.36. The van der Waals surface area contributed by atoms with E-state index in [2.05, 4.69) is 25.0 Å². The Balaban J connectivity index is 1.11. The van der Waals surface area contributed by atoms with Gasteiger partial charge < -0.3 is 25.3 Å². The largest absolute Gasteiger partial charge is 0.482 e. The van der Waals surface area contributed by atoms with Gasteiger partial charge in [-0.1, -0.05) is 12.1 Å². The Morgan fingerprint density at radius 3 is 2.56 bits per heavy atom. The van der Waals surface area contributed by atoms with E-state index in [0.717, 1.165) is 37.1 Å². The molecule has 2 aliphatic heterocycles. The molecule has 202 valence electrons. The summed E-state index contributed by atoms with van der Waals surface area (Å²) in [6.07, 6.45) is 6.36. The van der Waals surface area contributed by atoms with Crippen LogP contribution in [0.15, 0.2) is 47.4 Å². The smallest absolute Gasteiger partial charge is 0.275 e. The molecule has 39 heavy (non-hydrogen) atoms. The Labute approximate surface area is 225 Å². The number of piperidine rings is 1. The second kappa shape index (κ2) is 10.5. The van der Waals surface area contributed by atoms with Gasteiger partial charge in [-0.25, -0.2) is 4.98 Å². The number of ether oxygens (including phenoxy) is 1. The first-order chi connectivity index (χ1) is 18.9. The lowest BCUT2D eigenvalue weighted by molar-refractivity contribution is 0.0644. The summed E-state index contributed by atoms with van der Waals surface area (Å²) < 4.78 is 7.06. The van der Waals surface area contributed by atoms with Crippen LogP contribution in [0.2, 0.25) is 0 Å². The number of anilines is 1. The number of amides is 1. The maximum absolute atomic E-state index is 13.1. The molecule has 3 N–H and O–H groups in total. The average Bonchev–Trinajstić information content (AvgIpc) is 3.63. The quantitative estimate of drug-likeness (QED) is 0.390. The van der Waals surface area contributed by atoms with E-state index < -0.39 is 0 Å². The van der Waals surface area contributed by atoms with Crippen molar-refractivity contribution in [2.45, 2.75) is 45.3 Å². The fourth-order valence-electron chi connectivity index (χ4n) is 5.51. The summed E-state index contributed by atoms with van der Waals surface area (Å²) in [6, 6.07) is 11.4. The van der Waals surface area contributed by atoms with Crippen LogP contribution < -0.4 is 16.0 Å². The Bertz CT molecular complexity index is 1550. The summed E-state index contributed by atoms with van der Waals surface area (Å²) in [6.45, 7) is 5.81. The summed E-state index contributed by atoms with van der Waals surface area (Å²) in [7, 11) is 0. The molecule has 6 rings (SSSR count). The average molecular weight is 529 g/mol. The normalized spacial score (nSPS) is 16.7. The van der Waals surface area contributed by atoms with Crippen molar-refractivity contribution in [1.29, 1.82) is 0 Å². The molecule has 11 nitrogen and oxygen atoms in total. The molecule has 2 saturated heterocycles. The highest BCUT2D eigenvalue weighted by molar-refractivity contribution is 5.94. The third-order valence-corrected chi connectivity index (χ3v) is 7.62. The number of H-pyrrole nitrogens is 1. The minimum Gasteiger partial charge on any atom is -0.482 e. The Morgan fingerprint density at radius 1 is 1.08 bits per heavy atom. The van der Waals surface area contributed by atoms with E-state index in [1.165, 1.54) is 36.5 Å². The van der Waals surface area contributed by atoms with Gasteiger partial charge in [0.25, 0.3) is 11.5 Å². The predicted molar refractivity (Wildman–Crippen MR) is 146 cm³/mol. The first-order valence-corrected chi connectivity index (χ1v) is 13.4. The van der Waals surface area contributed by atoms with Crippen LogP contribution in [-0.4, -0.2) is 72.5 Å². The number of carbonyl (C=O) groups is 1. The lowest BCUT2D eigenvalue weighted by atomic mass is 10.0. The molecule has 0 aliphatic carbocycles. The van der Waals surface area contributed by atoms with Gasteiger partial charge in [0.05, 0.1) is 0 Å². The highest BCUT2D eigenvalue weighted by Gasteiger charge is 2.28. The number of hydrogen-bond donors (Lipinski definition) is 2. The van der Waals surface area contributed by atoms with E-state index >= 15 is 0 Å².